The van der Waals surface area contributed by atoms with Gasteiger partial charge in [0.2, 0.25) is 21.8 Å². The molecule has 3 aromatic rings. The Morgan fingerprint density at radius 2 is 1.57 bits per heavy atom. The number of carbonyl (C=O) groups excluding carboxylic acids is 2. The van der Waals surface area contributed by atoms with E-state index in [1.807, 2.05) is 42.5 Å². The van der Waals surface area contributed by atoms with Crippen molar-refractivity contribution in [1.82, 2.24) is 14.9 Å². The topological polar surface area (TPSA) is 95.6 Å². The first kappa shape index (κ1) is 31.7. The minimum atomic E-state index is -3.54. The number of sulfonamides is 1. The van der Waals surface area contributed by atoms with E-state index < -0.39 is 16.1 Å². The lowest BCUT2D eigenvalue weighted by atomic mass is 10.0. The van der Waals surface area contributed by atoms with Crippen molar-refractivity contribution in [3.8, 4) is 0 Å². The molecule has 3 aromatic carbocycles. The second kappa shape index (κ2) is 15.3. The smallest absolute Gasteiger partial charge is 0.243 e. The summed E-state index contributed by atoms with van der Waals surface area (Å²) in [5, 5.41) is 3.66. The molecule has 2 amide bonds. The fourth-order valence-electron chi connectivity index (χ4n) is 4.76. The number of aryl methyl sites for hydroxylation is 1. The van der Waals surface area contributed by atoms with E-state index in [2.05, 4.69) is 17.0 Å². The van der Waals surface area contributed by atoms with Gasteiger partial charge in [-0.1, -0.05) is 86.0 Å². The van der Waals surface area contributed by atoms with Crippen LogP contribution in [0.4, 0.5) is 0 Å². The van der Waals surface area contributed by atoms with E-state index in [1.165, 1.54) is 0 Å². The highest BCUT2D eigenvalue weighted by Crippen LogP contribution is 2.23. The third-order valence-electron chi connectivity index (χ3n) is 7.38. The van der Waals surface area contributed by atoms with Gasteiger partial charge in [0.05, 0.1) is 4.90 Å². The number of amides is 2. The van der Waals surface area contributed by atoms with Gasteiger partial charge in [0.1, 0.15) is 6.04 Å². The minimum absolute atomic E-state index is 0.0339. The predicted octanol–water partition coefficient (Wildman–Crippen LogP) is 5.66. The number of hydrogen-bond donors (Lipinski definition) is 2. The number of rotatable bonds is 16. The number of nitrogens with one attached hydrogen (secondary N) is 2. The van der Waals surface area contributed by atoms with Crippen LogP contribution in [0.2, 0.25) is 5.02 Å². The molecular weight excluding hydrogens is 570 g/mol. The van der Waals surface area contributed by atoms with Crippen molar-refractivity contribution < 1.29 is 18.0 Å². The predicted molar refractivity (Wildman–Crippen MR) is 167 cm³/mol. The Morgan fingerprint density at radius 1 is 0.905 bits per heavy atom. The van der Waals surface area contributed by atoms with Gasteiger partial charge in [-0.15, -0.1) is 0 Å². The van der Waals surface area contributed by atoms with Crippen molar-refractivity contribution in [1.29, 1.82) is 0 Å². The summed E-state index contributed by atoms with van der Waals surface area (Å²) in [7, 11) is -3.54. The van der Waals surface area contributed by atoms with Crippen molar-refractivity contribution in [2.24, 2.45) is 0 Å². The lowest BCUT2D eigenvalue weighted by Crippen LogP contribution is -2.50. The van der Waals surface area contributed by atoms with Crippen LogP contribution in [0.25, 0.3) is 0 Å². The molecule has 0 aliphatic heterocycles. The Morgan fingerprint density at radius 3 is 2.21 bits per heavy atom. The van der Waals surface area contributed by atoms with E-state index in [4.69, 9.17) is 11.6 Å². The Labute approximate surface area is 254 Å². The molecule has 1 atom stereocenters. The SMILES string of the molecule is CCCCCNC(=O)[C@H](Cc1ccccc1)N(Cc1ccc(Cl)cc1)C(=O)CCc1ccc(S(=O)(=O)NC2CC2)cc1. The van der Waals surface area contributed by atoms with Gasteiger partial charge in [0.15, 0.2) is 0 Å². The zero-order chi connectivity index (χ0) is 30.0. The summed E-state index contributed by atoms with van der Waals surface area (Å²) < 4.78 is 27.7. The van der Waals surface area contributed by atoms with E-state index in [-0.39, 0.29) is 35.7 Å². The van der Waals surface area contributed by atoms with Crippen LogP contribution < -0.4 is 10.0 Å². The monoisotopic (exact) mass is 609 g/mol. The van der Waals surface area contributed by atoms with Gasteiger partial charge in [0.25, 0.3) is 0 Å². The molecular formula is C33H40ClN3O4S. The van der Waals surface area contributed by atoms with Gasteiger partial charge in [0, 0.05) is 37.0 Å². The Kier molecular flexibility index (Phi) is 11.6. The van der Waals surface area contributed by atoms with Crippen LogP contribution in [0.5, 0.6) is 0 Å². The molecule has 1 aliphatic carbocycles. The quantitative estimate of drug-likeness (QED) is 0.205. The zero-order valence-electron chi connectivity index (χ0n) is 24.1. The van der Waals surface area contributed by atoms with Crippen LogP contribution in [-0.4, -0.2) is 43.8 Å². The highest BCUT2D eigenvalue weighted by atomic mass is 35.5. The average Bonchev–Trinajstić information content (AvgIpc) is 3.81. The van der Waals surface area contributed by atoms with Crippen LogP contribution >= 0.6 is 11.6 Å². The largest absolute Gasteiger partial charge is 0.354 e. The van der Waals surface area contributed by atoms with Crippen LogP contribution in [0.15, 0.2) is 83.8 Å². The molecule has 0 aromatic heterocycles. The summed E-state index contributed by atoms with van der Waals surface area (Å²) in [6.07, 6.45) is 5.68. The van der Waals surface area contributed by atoms with E-state index in [0.717, 1.165) is 48.8 Å². The van der Waals surface area contributed by atoms with Crippen molar-refractivity contribution in [2.45, 2.75) is 81.8 Å². The highest BCUT2D eigenvalue weighted by molar-refractivity contribution is 7.89. The molecule has 7 nitrogen and oxygen atoms in total. The summed E-state index contributed by atoms with van der Waals surface area (Å²) in [5.41, 5.74) is 2.70. The minimum Gasteiger partial charge on any atom is -0.354 e. The summed E-state index contributed by atoms with van der Waals surface area (Å²) in [5.74, 6) is -0.323. The molecule has 1 saturated carbocycles. The number of carbonyl (C=O) groups is 2. The van der Waals surface area contributed by atoms with Crippen LogP contribution in [0, 0.1) is 0 Å². The van der Waals surface area contributed by atoms with Crippen molar-refractivity contribution in [2.75, 3.05) is 6.54 Å². The Hall–Kier alpha value is -3.20. The fraction of sp³-hybridized carbons (Fsp3) is 0.394. The molecule has 0 saturated heterocycles. The molecule has 0 unspecified atom stereocenters. The molecule has 0 spiro atoms. The summed E-state index contributed by atoms with van der Waals surface area (Å²) >= 11 is 6.11. The molecule has 0 bridgehead atoms. The summed E-state index contributed by atoms with van der Waals surface area (Å²) in [6.45, 7) is 2.94. The molecule has 0 radical (unpaired) electrons. The normalized spacial score (nSPS) is 13.9. The lowest BCUT2D eigenvalue weighted by molar-refractivity contribution is -0.141. The van der Waals surface area contributed by atoms with Gasteiger partial charge in [-0.05, 0) is 66.6 Å². The molecule has 42 heavy (non-hydrogen) atoms. The molecule has 4 rings (SSSR count). The van der Waals surface area contributed by atoms with E-state index in [1.54, 1.807) is 41.3 Å². The summed E-state index contributed by atoms with van der Waals surface area (Å²) in [6, 6.07) is 23.0. The van der Waals surface area contributed by atoms with Gasteiger partial charge in [-0.3, -0.25) is 9.59 Å². The summed E-state index contributed by atoms with van der Waals surface area (Å²) in [4.78, 5) is 29.4. The number of unbranched alkanes of at least 4 members (excludes halogenated alkanes) is 2. The first-order valence-electron chi connectivity index (χ1n) is 14.7. The first-order valence-corrected chi connectivity index (χ1v) is 16.6. The Balaban J connectivity index is 1.52. The van der Waals surface area contributed by atoms with Crippen LogP contribution in [0.1, 0.15) is 62.1 Å². The Bertz CT molecular complexity index is 1410. The fourth-order valence-corrected chi connectivity index (χ4v) is 6.19. The van der Waals surface area contributed by atoms with Crippen molar-refractivity contribution >= 4 is 33.4 Å². The van der Waals surface area contributed by atoms with Crippen molar-refractivity contribution in [3.05, 3.63) is 101 Å². The van der Waals surface area contributed by atoms with Crippen molar-refractivity contribution in [3.63, 3.8) is 0 Å². The van der Waals surface area contributed by atoms with E-state index >= 15 is 0 Å². The maximum atomic E-state index is 13.9. The lowest BCUT2D eigenvalue weighted by Gasteiger charge is -2.32. The second-order valence-electron chi connectivity index (χ2n) is 10.9. The molecule has 224 valence electrons. The number of halogens is 1. The molecule has 9 heteroatoms. The second-order valence-corrected chi connectivity index (χ2v) is 13.0. The maximum absolute atomic E-state index is 13.9. The van der Waals surface area contributed by atoms with E-state index in [9.17, 15) is 18.0 Å². The number of hydrogen-bond acceptors (Lipinski definition) is 4. The molecule has 1 aliphatic rings. The molecule has 0 heterocycles. The third kappa shape index (κ3) is 9.68. The third-order valence-corrected chi connectivity index (χ3v) is 9.17. The number of benzene rings is 3. The number of nitrogens with zero attached hydrogens (tertiary/aromatic N) is 1. The van der Waals surface area contributed by atoms with Crippen LogP contribution in [-0.2, 0) is 39.0 Å². The van der Waals surface area contributed by atoms with Gasteiger partial charge in [-0.25, -0.2) is 13.1 Å². The average molecular weight is 610 g/mol. The van der Waals surface area contributed by atoms with Gasteiger partial charge >= 0.3 is 0 Å². The van der Waals surface area contributed by atoms with Gasteiger partial charge in [-0.2, -0.15) is 0 Å². The van der Waals surface area contributed by atoms with E-state index in [0.29, 0.717) is 24.4 Å². The molecule has 2 N–H and O–H groups in total. The van der Waals surface area contributed by atoms with Gasteiger partial charge < -0.3 is 10.2 Å². The zero-order valence-corrected chi connectivity index (χ0v) is 25.7. The van der Waals surface area contributed by atoms with Crippen LogP contribution in [0.3, 0.4) is 0 Å². The standard InChI is InChI=1S/C33H40ClN3O4S/c1-2-3-7-22-35-33(39)31(23-26-8-5-4-6-9-26)37(24-27-10-15-28(34)16-11-27)32(38)21-14-25-12-19-30(20-13-25)42(40,41)36-29-17-18-29/h4-6,8-13,15-16,19-20,29,31,36H,2-3,7,14,17-18,21-24H2,1H3,(H,35,39)/t31-/m0/s1. The first-order chi connectivity index (χ1) is 20.2. The maximum Gasteiger partial charge on any atom is 0.243 e. The highest BCUT2D eigenvalue weighted by Gasteiger charge is 2.30. The molecule has 1 fully saturated rings.